The van der Waals surface area contributed by atoms with E-state index in [0.29, 0.717) is 26.2 Å². The number of carbonyl (C=O) groups excluding carboxylic acids is 1. The van der Waals surface area contributed by atoms with E-state index < -0.39 is 19.8 Å². The van der Waals surface area contributed by atoms with Gasteiger partial charge in [-0.2, -0.15) is 0 Å². The fraction of sp³-hybridized carbons (Fsp3) is 0.812. The average Bonchev–Trinajstić information content (AvgIpc) is 2.51. The van der Waals surface area contributed by atoms with E-state index in [4.69, 9.17) is 18.3 Å². The van der Waals surface area contributed by atoms with Crippen LogP contribution in [0.1, 0.15) is 47.0 Å². The van der Waals surface area contributed by atoms with Gasteiger partial charge in [0.25, 0.3) is 0 Å². The molecule has 1 aliphatic heterocycles. The van der Waals surface area contributed by atoms with Crippen molar-refractivity contribution in [2.45, 2.75) is 64.3 Å². The van der Waals surface area contributed by atoms with Crippen molar-refractivity contribution in [3.63, 3.8) is 0 Å². The van der Waals surface area contributed by atoms with Gasteiger partial charge in [-0.25, -0.2) is 4.79 Å². The molecule has 2 unspecified atom stereocenters. The number of hydrogen-bond acceptors (Lipinski definition) is 5. The summed E-state index contributed by atoms with van der Waals surface area (Å²) < 4.78 is 24.2. The molecule has 1 fully saturated rings. The van der Waals surface area contributed by atoms with Crippen LogP contribution in [0.25, 0.3) is 0 Å². The topological polar surface area (TPSA) is 54.0 Å². The standard InChI is InChI=1S/C16H30O5Si/c1-6-15(17)21-14-12-11-13-22(19-9-4,20-10-5)16(14,7-2)18-8-3/h6,14H,1,7-13H2,2-5H3. The molecule has 0 aliphatic carbocycles. The third-order valence-electron chi connectivity index (χ3n) is 4.24. The van der Waals surface area contributed by atoms with Crippen LogP contribution in [0.5, 0.6) is 0 Å². The molecular weight excluding hydrogens is 300 g/mol. The predicted octanol–water partition coefficient (Wildman–Crippen LogP) is 3.12. The van der Waals surface area contributed by atoms with E-state index in [-0.39, 0.29) is 6.10 Å². The fourth-order valence-corrected chi connectivity index (χ4v) is 7.99. The molecule has 1 saturated heterocycles. The van der Waals surface area contributed by atoms with Crippen molar-refractivity contribution < 1.29 is 23.1 Å². The van der Waals surface area contributed by atoms with Gasteiger partial charge in [-0.05, 0) is 46.1 Å². The van der Waals surface area contributed by atoms with Gasteiger partial charge in [0.1, 0.15) is 11.3 Å². The third kappa shape index (κ3) is 3.62. The van der Waals surface area contributed by atoms with E-state index in [2.05, 4.69) is 13.5 Å². The fourth-order valence-electron chi connectivity index (χ4n) is 3.51. The van der Waals surface area contributed by atoms with Crippen LogP contribution >= 0.6 is 0 Å². The van der Waals surface area contributed by atoms with Crippen LogP contribution in [0, 0.1) is 0 Å². The molecule has 128 valence electrons. The molecule has 0 N–H and O–H groups in total. The highest BCUT2D eigenvalue weighted by atomic mass is 28.4. The molecule has 0 bridgehead atoms. The lowest BCUT2D eigenvalue weighted by atomic mass is 10.0. The number of carbonyl (C=O) groups is 1. The van der Waals surface area contributed by atoms with Gasteiger partial charge in [-0.1, -0.05) is 13.5 Å². The van der Waals surface area contributed by atoms with Gasteiger partial charge in [0.05, 0.1) is 0 Å². The second-order valence-corrected chi connectivity index (χ2v) is 8.75. The summed E-state index contributed by atoms with van der Waals surface area (Å²) in [5, 5.41) is -0.662. The minimum atomic E-state index is -2.66. The molecule has 0 amide bonds. The van der Waals surface area contributed by atoms with Crippen molar-refractivity contribution in [2.24, 2.45) is 0 Å². The average molecular weight is 330 g/mol. The maximum atomic E-state index is 11.8. The Morgan fingerprint density at radius 2 is 1.86 bits per heavy atom. The molecule has 0 aromatic heterocycles. The maximum absolute atomic E-state index is 11.8. The Hall–Kier alpha value is -0.693. The summed E-state index contributed by atoms with van der Waals surface area (Å²) in [7, 11) is -2.66. The molecule has 1 rings (SSSR count). The quantitative estimate of drug-likeness (QED) is 0.369. The minimum Gasteiger partial charge on any atom is -0.456 e. The Morgan fingerprint density at radius 3 is 2.32 bits per heavy atom. The van der Waals surface area contributed by atoms with Crippen molar-refractivity contribution in [2.75, 3.05) is 19.8 Å². The van der Waals surface area contributed by atoms with Crippen LogP contribution in [0.15, 0.2) is 12.7 Å². The third-order valence-corrected chi connectivity index (χ3v) is 8.88. The number of rotatable bonds is 9. The molecule has 0 aromatic rings. The Bertz CT molecular complexity index is 362. The van der Waals surface area contributed by atoms with Crippen LogP contribution in [0.3, 0.4) is 0 Å². The lowest BCUT2D eigenvalue weighted by molar-refractivity contribution is -0.165. The molecule has 1 heterocycles. The Morgan fingerprint density at radius 1 is 1.23 bits per heavy atom. The summed E-state index contributed by atoms with van der Waals surface area (Å²) in [6.45, 7) is 13.1. The first kappa shape index (κ1) is 19.4. The SMILES string of the molecule is C=CC(=O)OC1CCC[Si](OCC)(OCC)C1(CC)OCC. The molecule has 0 spiro atoms. The largest absolute Gasteiger partial charge is 0.456 e. The Balaban J connectivity index is 3.26. The summed E-state index contributed by atoms with van der Waals surface area (Å²) in [4.78, 5) is 11.8. The van der Waals surface area contributed by atoms with E-state index in [0.717, 1.165) is 18.9 Å². The lowest BCUT2D eigenvalue weighted by Gasteiger charge is -2.52. The van der Waals surface area contributed by atoms with Gasteiger partial charge in [-0.15, -0.1) is 0 Å². The first-order valence-corrected chi connectivity index (χ1v) is 10.3. The summed E-state index contributed by atoms with van der Waals surface area (Å²) >= 11 is 0. The number of hydrogen-bond donors (Lipinski definition) is 0. The van der Waals surface area contributed by atoms with Crippen molar-refractivity contribution in [1.82, 2.24) is 0 Å². The summed E-state index contributed by atoms with van der Waals surface area (Å²) in [6.07, 6.45) is 3.23. The van der Waals surface area contributed by atoms with E-state index in [1.165, 1.54) is 6.08 Å². The first-order chi connectivity index (χ1) is 10.6. The minimum absolute atomic E-state index is 0.346. The van der Waals surface area contributed by atoms with E-state index >= 15 is 0 Å². The first-order valence-electron chi connectivity index (χ1n) is 8.30. The van der Waals surface area contributed by atoms with Crippen LogP contribution < -0.4 is 0 Å². The van der Waals surface area contributed by atoms with E-state index in [9.17, 15) is 4.79 Å². The summed E-state index contributed by atoms with van der Waals surface area (Å²) in [5.74, 6) is -0.416. The molecule has 22 heavy (non-hydrogen) atoms. The lowest BCUT2D eigenvalue weighted by Crippen LogP contribution is -2.72. The molecule has 0 saturated carbocycles. The van der Waals surface area contributed by atoms with Gasteiger partial charge in [-0.3, -0.25) is 0 Å². The normalized spacial score (nSPS) is 27.4. The van der Waals surface area contributed by atoms with Gasteiger partial charge < -0.3 is 18.3 Å². The van der Waals surface area contributed by atoms with Crippen molar-refractivity contribution >= 4 is 14.5 Å². The highest BCUT2D eigenvalue weighted by Gasteiger charge is 2.65. The molecular formula is C16H30O5Si. The molecule has 1 aliphatic rings. The zero-order chi connectivity index (χ0) is 16.6. The van der Waals surface area contributed by atoms with Crippen LogP contribution in [0.4, 0.5) is 0 Å². The van der Waals surface area contributed by atoms with E-state index in [1.54, 1.807) is 0 Å². The molecule has 5 nitrogen and oxygen atoms in total. The van der Waals surface area contributed by atoms with Crippen molar-refractivity contribution in [3.05, 3.63) is 12.7 Å². The second kappa shape index (κ2) is 8.81. The zero-order valence-corrected chi connectivity index (χ0v) is 15.4. The predicted molar refractivity (Wildman–Crippen MR) is 87.8 cm³/mol. The van der Waals surface area contributed by atoms with Crippen LogP contribution in [-0.4, -0.2) is 45.7 Å². The van der Waals surface area contributed by atoms with E-state index in [1.807, 2.05) is 20.8 Å². The van der Waals surface area contributed by atoms with Crippen molar-refractivity contribution in [1.29, 1.82) is 0 Å². The maximum Gasteiger partial charge on any atom is 0.375 e. The van der Waals surface area contributed by atoms with Gasteiger partial charge in [0.15, 0.2) is 0 Å². The van der Waals surface area contributed by atoms with Crippen molar-refractivity contribution in [3.8, 4) is 0 Å². The highest BCUT2D eigenvalue weighted by Crippen LogP contribution is 2.44. The number of ether oxygens (including phenoxy) is 2. The summed E-state index contributed by atoms with van der Waals surface area (Å²) in [6, 6.07) is 0.866. The van der Waals surface area contributed by atoms with Gasteiger partial charge >= 0.3 is 14.5 Å². The zero-order valence-electron chi connectivity index (χ0n) is 14.4. The molecule has 6 heteroatoms. The Labute approximate surface area is 135 Å². The molecule has 2 atom stereocenters. The highest BCUT2D eigenvalue weighted by molar-refractivity contribution is 6.71. The smallest absolute Gasteiger partial charge is 0.375 e. The molecule has 0 aromatic carbocycles. The summed E-state index contributed by atoms with van der Waals surface area (Å²) in [5.41, 5.74) is 0. The van der Waals surface area contributed by atoms with Gasteiger partial charge in [0, 0.05) is 25.9 Å². The monoisotopic (exact) mass is 330 g/mol. The van der Waals surface area contributed by atoms with Crippen LogP contribution in [0.2, 0.25) is 6.04 Å². The van der Waals surface area contributed by atoms with Crippen LogP contribution in [-0.2, 0) is 23.1 Å². The molecule has 0 radical (unpaired) electrons. The number of esters is 1. The Kier molecular flexibility index (Phi) is 7.75. The van der Waals surface area contributed by atoms with Gasteiger partial charge in [0.2, 0.25) is 0 Å². The second-order valence-electron chi connectivity index (χ2n) is 5.32.